The third-order valence-electron chi connectivity index (χ3n) is 1.75. The Kier molecular flexibility index (Phi) is 5.72. The average Bonchev–Trinajstić information content (AvgIpc) is 2.08. The number of carbonyl (C=O) groups excluding carboxylic acids is 1. The van der Waals surface area contributed by atoms with E-state index >= 15 is 0 Å². The van der Waals surface area contributed by atoms with Gasteiger partial charge in [0, 0.05) is 19.1 Å². The smallest absolute Gasteiger partial charge is 0.236 e. The van der Waals surface area contributed by atoms with Gasteiger partial charge in [0.25, 0.3) is 0 Å². The second-order valence-electron chi connectivity index (χ2n) is 2.86. The van der Waals surface area contributed by atoms with Crippen LogP contribution in [0.1, 0.15) is 27.7 Å². The first-order valence-electron chi connectivity index (χ1n) is 4.72. The molecule has 0 spiro atoms. The molecule has 12 heavy (non-hydrogen) atoms. The highest BCUT2D eigenvalue weighted by atomic mass is 16.2. The SMILES string of the molecule is CC.CC(C)N1CCNCC1=O. The Hall–Kier alpha value is -0.570. The summed E-state index contributed by atoms with van der Waals surface area (Å²) in [6.07, 6.45) is 0. The summed E-state index contributed by atoms with van der Waals surface area (Å²) in [5.41, 5.74) is 0. The molecule has 0 aromatic heterocycles. The molecule has 0 aromatic carbocycles. The number of nitrogens with one attached hydrogen (secondary N) is 1. The molecule has 3 nitrogen and oxygen atoms in total. The molecule has 1 N–H and O–H groups in total. The van der Waals surface area contributed by atoms with Gasteiger partial charge in [-0.3, -0.25) is 4.79 Å². The third-order valence-corrected chi connectivity index (χ3v) is 1.75. The Morgan fingerprint density at radius 2 is 2.00 bits per heavy atom. The first kappa shape index (κ1) is 11.4. The van der Waals surface area contributed by atoms with E-state index in [0.717, 1.165) is 13.1 Å². The lowest BCUT2D eigenvalue weighted by Crippen LogP contribution is -2.50. The van der Waals surface area contributed by atoms with Crippen molar-refractivity contribution in [3.8, 4) is 0 Å². The monoisotopic (exact) mass is 172 g/mol. The highest BCUT2D eigenvalue weighted by Crippen LogP contribution is 1.99. The van der Waals surface area contributed by atoms with Crippen molar-refractivity contribution in [3.05, 3.63) is 0 Å². The summed E-state index contributed by atoms with van der Waals surface area (Å²) in [4.78, 5) is 13.0. The fraction of sp³-hybridized carbons (Fsp3) is 0.889. The Bertz CT molecular complexity index is 134. The van der Waals surface area contributed by atoms with Gasteiger partial charge in [-0.1, -0.05) is 13.8 Å². The van der Waals surface area contributed by atoms with Crippen molar-refractivity contribution < 1.29 is 4.79 Å². The van der Waals surface area contributed by atoms with Crippen molar-refractivity contribution in [2.75, 3.05) is 19.6 Å². The van der Waals surface area contributed by atoms with Gasteiger partial charge < -0.3 is 10.2 Å². The molecule has 1 fully saturated rings. The number of amides is 1. The van der Waals surface area contributed by atoms with E-state index in [4.69, 9.17) is 0 Å². The van der Waals surface area contributed by atoms with Gasteiger partial charge in [0.05, 0.1) is 6.54 Å². The summed E-state index contributed by atoms with van der Waals surface area (Å²) >= 11 is 0. The van der Waals surface area contributed by atoms with E-state index in [1.807, 2.05) is 32.6 Å². The fourth-order valence-electron chi connectivity index (χ4n) is 1.17. The number of carbonyl (C=O) groups is 1. The van der Waals surface area contributed by atoms with Crippen LogP contribution in [0.3, 0.4) is 0 Å². The Labute approximate surface area is 75.1 Å². The van der Waals surface area contributed by atoms with Crippen LogP contribution in [0, 0.1) is 0 Å². The van der Waals surface area contributed by atoms with Crippen molar-refractivity contribution >= 4 is 5.91 Å². The highest BCUT2D eigenvalue weighted by Gasteiger charge is 2.19. The van der Waals surface area contributed by atoms with Crippen LogP contribution in [0.15, 0.2) is 0 Å². The number of hydrogen-bond acceptors (Lipinski definition) is 2. The highest BCUT2D eigenvalue weighted by molar-refractivity contribution is 5.79. The van der Waals surface area contributed by atoms with E-state index in [-0.39, 0.29) is 5.91 Å². The summed E-state index contributed by atoms with van der Waals surface area (Å²) in [6, 6.07) is 0.356. The molecule has 0 saturated carbocycles. The molecule has 1 amide bonds. The first-order valence-corrected chi connectivity index (χ1v) is 4.72. The van der Waals surface area contributed by atoms with E-state index in [1.165, 1.54) is 0 Å². The van der Waals surface area contributed by atoms with Crippen LogP contribution in [-0.4, -0.2) is 36.5 Å². The second kappa shape index (κ2) is 6.00. The van der Waals surface area contributed by atoms with Crippen LogP contribution in [0.25, 0.3) is 0 Å². The number of nitrogens with zero attached hydrogens (tertiary/aromatic N) is 1. The molecule has 0 bridgehead atoms. The van der Waals surface area contributed by atoms with Gasteiger partial charge in [-0.05, 0) is 13.8 Å². The number of hydrogen-bond donors (Lipinski definition) is 1. The minimum Gasteiger partial charge on any atom is -0.338 e. The normalized spacial score (nSPS) is 17.4. The Morgan fingerprint density at radius 3 is 2.33 bits per heavy atom. The van der Waals surface area contributed by atoms with Crippen LogP contribution < -0.4 is 5.32 Å². The lowest BCUT2D eigenvalue weighted by atomic mass is 10.2. The Morgan fingerprint density at radius 1 is 1.42 bits per heavy atom. The molecular weight excluding hydrogens is 152 g/mol. The maximum Gasteiger partial charge on any atom is 0.236 e. The molecule has 1 heterocycles. The average molecular weight is 172 g/mol. The molecule has 1 rings (SSSR count). The molecule has 1 aliphatic rings. The van der Waals surface area contributed by atoms with E-state index in [9.17, 15) is 4.79 Å². The van der Waals surface area contributed by atoms with Gasteiger partial charge >= 0.3 is 0 Å². The molecule has 1 aliphatic heterocycles. The van der Waals surface area contributed by atoms with Gasteiger partial charge in [0.1, 0.15) is 0 Å². The van der Waals surface area contributed by atoms with Crippen LogP contribution in [0.5, 0.6) is 0 Å². The van der Waals surface area contributed by atoms with Crippen molar-refractivity contribution in [2.24, 2.45) is 0 Å². The maximum atomic E-state index is 11.1. The molecule has 0 radical (unpaired) electrons. The van der Waals surface area contributed by atoms with Crippen LogP contribution in [0.4, 0.5) is 0 Å². The van der Waals surface area contributed by atoms with Crippen molar-refractivity contribution in [1.82, 2.24) is 10.2 Å². The zero-order valence-electron chi connectivity index (χ0n) is 8.55. The lowest BCUT2D eigenvalue weighted by Gasteiger charge is -2.30. The lowest BCUT2D eigenvalue weighted by molar-refractivity contribution is -0.133. The maximum absolute atomic E-state index is 11.1. The Balaban J connectivity index is 0.000000561. The topological polar surface area (TPSA) is 32.3 Å². The predicted octanol–water partition coefficient (Wildman–Crippen LogP) is 0.853. The largest absolute Gasteiger partial charge is 0.338 e. The van der Waals surface area contributed by atoms with E-state index in [2.05, 4.69) is 5.32 Å². The molecule has 1 saturated heterocycles. The summed E-state index contributed by atoms with van der Waals surface area (Å²) in [5, 5.41) is 3.03. The number of piperazine rings is 1. The predicted molar refractivity (Wildman–Crippen MR) is 51.1 cm³/mol. The van der Waals surface area contributed by atoms with Gasteiger partial charge in [-0.2, -0.15) is 0 Å². The van der Waals surface area contributed by atoms with Gasteiger partial charge in [-0.25, -0.2) is 0 Å². The molecule has 0 aromatic rings. The molecular formula is C9H20N2O. The summed E-state index contributed by atoms with van der Waals surface area (Å²) in [5.74, 6) is 0.223. The molecule has 0 unspecified atom stereocenters. The second-order valence-corrected chi connectivity index (χ2v) is 2.86. The van der Waals surface area contributed by atoms with E-state index in [0.29, 0.717) is 12.6 Å². The van der Waals surface area contributed by atoms with Gasteiger partial charge in [0.15, 0.2) is 0 Å². The van der Waals surface area contributed by atoms with Crippen molar-refractivity contribution in [1.29, 1.82) is 0 Å². The first-order chi connectivity index (χ1) is 5.72. The van der Waals surface area contributed by atoms with Crippen LogP contribution in [0.2, 0.25) is 0 Å². The van der Waals surface area contributed by atoms with Gasteiger partial charge in [0.2, 0.25) is 5.91 Å². The standard InChI is InChI=1S/C7H14N2O.C2H6/c1-6(2)9-4-3-8-5-7(9)10;1-2/h6,8H,3-5H2,1-2H3;1-2H3. The van der Waals surface area contributed by atoms with E-state index < -0.39 is 0 Å². The van der Waals surface area contributed by atoms with Gasteiger partial charge in [-0.15, -0.1) is 0 Å². The summed E-state index contributed by atoms with van der Waals surface area (Å²) < 4.78 is 0. The number of rotatable bonds is 1. The summed E-state index contributed by atoms with van der Waals surface area (Å²) in [7, 11) is 0. The van der Waals surface area contributed by atoms with Crippen LogP contribution >= 0.6 is 0 Å². The van der Waals surface area contributed by atoms with E-state index in [1.54, 1.807) is 0 Å². The van der Waals surface area contributed by atoms with Crippen molar-refractivity contribution in [3.63, 3.8) is 0 Å². The minimum atomic E-state index is 0.223. The molecule has 3 heteroatoms. The fourth-order valence-corrected chi connectivity index (χ4v) is 1.17. The third kappa shape index (κ3) is 3.22. The zero-order chi connectivity index (χ0) is 9.56. The quantitative estimate of drug-likeness (QED) is 0.636. The molecule has 0 aliphatic carbocycles. The van der Waals surface area contributed by atoms with Crippen LogP contribution in [-0.2, 0) is 4.79 Å². The minimum absolute atomic E-state index is 0.223. The molecule has 0 atom stereocenters. The molecule has 72 valence electrons. The van der Waals surface area contributed by atoms with Crippen molar-refractivity contribution in [2.45, 2.75) is 33.7 Å². The summed E-state index contributed by atoms with van der Waals surface area (Å²) in [6.45, 7) is 10.4. The zero-order valence-corrected chi connectivity index (χ0v) is 8.55.